The van der Waals surface area contributed by atoms with Gasteiger partial charge < -0.3 is 9.57 Å². The Balaban J connectivity index is 2.01. The van der Waals surface area contributed by atoms with Crippen LogP contribution < -0.4 is 0 Å². The lowest BCUT2D eigenvalue weighted by molar-refractivity contribution is -0.232. The third-order valence-corrected chi connectivity index (χ3v) is 5.81. The second-order valence-electron chi connectivity index (χ2n) is 6.99. The third kappa shape index (κ3) is 3.44. The van der Waals surface area contributed by atoms with Gasteiger partial charge in [-0.15, -0.1) is 0 Å². The maximum atomic E-state index is 14.9. The summed E-state index contributed by atoms with van der Waals surface area (Å²) in [5.74, 6) is -2.96. The molecule has 1 spiro atoms. The molecular weight excluding hydrogens is 391 g/mol. The number of amides is 1. The average molecular weight is 415 g/mol. The topological polar surface area (TPSA) is 68.3 Å². The Hall–Kier alpha value is -1.58. The van der Waals surface area contributed by atoms with Crippen LogP contribution in [0.15, 0.2) is 12.1 Å². The number of piperidine rings is 1. The number of hydrogen-bond donors (Lipinski definition) is 0. The molecule has 0 radical (unpaired) electrons. The Labute approximate surface area is 168 Å². The molecule has 0 aliphatic carbocycles. The molecule has 1 aromatic carbocycles. The number of Topliss-reactive ketones (excluding diaryl/α,β-unsaturated/α-hetero) is 1. The van der Waals surface area contributed by atoms with E-state index in [1.54, 1.807) is 19.1 Å². The number of benzene rings is 1. The molecule has 3 rings (SSSR count). The predicted octanol–water partition coefficient (Wildman–Crippen LogP) is 2.26. The minimum atomic E-state index is -1.33. The van der Waals surface area contributed by atoms with Crippen LogP contribution in [0.2, 0.25) is 5.02 Å². The van der Waals surface area contributed by atoms with Crippen LogP contribution in [0.3, 0.4) is 0 Å². The van der Waals surface area contributed by atoms with Crippen molar-refractivity contribution in [1.82, 2.24) is 10.1 Å². The van der Waals surface area contributed by atoms with Crippen molar-refractivity contribution in [3.8, 4) is 0 Å². The fourth-order valence-corrected chi connectivity index (χ4v) is 4.15. The zero-order valence-electron chi connectivity index (χ0n) is 16.2. The molecule has 2 saturated heterocycles. The lowest BCUT2D eigenvalue weighted by Crippen LogP contribution is -2.56. The maximum absolute atomic E-state index is 14.9. The van der Waals surface area contributed by atoms with Crippen molar-refractivity contribution < 1.29 is 28.4 Å². The van der Waals surface area contributed by atoms with Gasteiger partial charge in [0.25, 0.3) is 5.91 Å². The summed E-state index contributed by atoms with van der Waals surface area (Å²) in [7, 11) is 3.06. The van der Waals surface area contributed by atoms with E-state index in [0.29, 0.717) is 31.5 Å². The van der Waals surface area contributed by atoms with E-state index in [1.807, 2.05) is 0 Å². The van der Waals surface area contributed by atoms with E-state index >= 15 is 0 Å². The number of rotatable bonds is 6. The van der Waals surface area contributed by atoms with Crippen LogP contribution in [0.5, 0.6) is 0 Å². The van der Waals surface area contributed by atoms with E-state index in [1.165, 1.54) is 19.2 Å². The van der Waals surface area contributed by atoms with Gasteiger partial charge in [-0.25, -0.2) is 9.45 Å². The number of aryl methyl sites for hydroxylation is 1. The van der Waals surface area contributed by atoms with Crippen LogP contribution in [0.4, 0.5) is 4.39 Å². The van der Waals surface area contributed by atoms with Crippen molar-refractivity contribution in [1.29, 1.82) is 0 Å². The molecule has 1 atom stereocenters. The van der Waals surface area contributed by atoms with Gasteiger partial charge in [-0.05, 0) is 31.4 Å². The molecule has 1 aromatic rings. The summed E-state index contributed by atoms with van der Waals surface area (Å²) in [6.45, 7) is 2.80. The number of carbonyl (C=O) groups is 2. The first-order chi connectivity index (χ1) is 13.4. The van der Waals surface area contributed by atoms with E-state index in [-0.39, 0.29) is 23.8 Å². The normalized spacial score (nSPS) is 22.5. The SMILES string of the molecule is COCCON1C(=O)C(c2c(Cl)ccc(C)c2F)C(=O)C12CCN(OC)CC2. The second-order valence-corrected chi connectivity index (χ2v) is 7.40. The number of hydrogen-bond acceptors (Lipinski definition) is 6. The highest BCUT2D eigenvalue weighted by Gasteiger charge is 2.61. The lowest BCUT2D eigenvalue weighted by atomic mass is 9.80. The Kier molecular flexibility index (Phi) is 6.36. The molecule has 2 aliphatic heterocycles. The highest BCUT2D eigenvalue weighted by Crippen LogP contribution is 2.45. The van der Waals surface area contributed by atoms with Crippen molar-refractivity contribution in [2.24, 2.45) is 0 Å². The number of ketones is 1. The first-order valence-corrected chi connectivity index (χ1v) is 9.49. The second kappa shape index (κ2) is 8.42. The molecule has 9 heteroatoms. The Morgan fingerprint density at radius 3 is 2.50 bits per heavy atom. The van der Waals surface area contributed by atoms with Crippen LogP contribution in [-0.4, -0.2) is 67.9 Å². The molecule has 28 heavy (non-hydrogen) atoms. The Morgan fingerprint density at radius 1 is 1.21 bits per heavy atom. The largest absolute Gasteiger partial charge is 0.382 e. The summed E-state index contributed by atoms with van der Waals surface area (Å²) in [4.78, 5) is 37.6. The Morgan fingerprint density at radius 2 is 1.89 bits per heavy atom. The van der Waals surface area contributed by atoms with Gasteiger partial charge in [0.15, 0.2) is 5.78 Å². The van der Waals surface area contributed by atoms with Crippen molar-refractivity contribution in [3.05, 3.63) is 34.1 Å². The van der Waals surface area contributed by atoms with E-state index in [2.05, 4.69) is 0 Å². The molecule has 1 unspecified atom stereocenters. The summed E-state index contributed by atoms with van der Waals surface area (Å²) >= 11 is 6.21. The summed E-state index contributed by atoms with van der Waals surface area (Å²) in [6.07, 6.45) is 0.639. The van der Waals surface area contributed by atoms with Gasteiger partial charge in [0, 0.05) is 30.8 Å². The molecule has 0 bridgehead atoms. The van der Waals surface area contributed by atoms with Gasteiger partial charge >= 0.3 is 0 Å². The fourth-order valence-electron chi connectivity index (χ4n) is 3.89. The summed E-state index contributed by atoms with van der Waals surface area (Å²) in [5.41, 5.74) is -0.936. The van der Waals surface area contributed by atoms with Crippen LogP contribution in [-0.2, 0) is 24.0 Å². The van der Waals surface area contributed by atoms with Gasteiger partial charge in [-0.3, -0.25) is 14.4 Å². The highest BCUT2D eigenvalue weighted by atomic mass is 35.5. The maximum Gasteiger partial charge on any atom is 0.262 e. The standard InChI is InChI=1S/C19H24ClFN2O5/c1-12-4-5-13(20)14(16(12)21)15-17(24)19(6-8-22(27-3)9-7-19)23(18(15)25)28-11-10-26-2/h4-5,15H,6-11H2,1-3H3. The van der Waals surface area contributed by atoms with Crippen molar-refractivity contribution in [3.63, 3.8) is 0 Å². The highest BCUT2D eigenvalue weighted by molar-refractivity contribution is 6.32. The van der Waals surface area contributed by atoms with E-state index in [9.17, 15) is 14.0 Å². The number of hydroxylamine groups is 4. The average Bonchev–Trinajstić information content (AvgIpc) is 2.88. The van der Waals surface area contributed by atoms with Gasteiger partial charge in [-0.1, -0.05) is 17.7 Å². The quantitative estimate of drug-likeness (QED) is 0.525. The third-order valence-electron chi connectivity index (χ3n) is 5.48. The molecular formula is C19H24ClFN2O5. The van der Waals surface area contributed by atoms with Crippen molar-refractivity contribution in [2.75, 3.05) is 40.5 Å². The van der Waals surface area contributed by atoms with E-state index in [0.717, 1.165) is 5.06 Å². The number of nitrogens with zero attached hydrogens (tertiary/aromatic N) is 2. The molecule has 2 aliphatic rings. The number of halogens is 2. The van der Waals surface area contributed by atoms with Crippen molar-refractivity contribution >= 4 is 23.3 Å². The molecule has 2 fully saturated rings. The van der Waals surface area contributed by atoms with E-state index in [4.69, 9.17) is 26.0 Å². The summed E-state index contributed by atoms with van der Waals surface area (Å²) in [6, 6.07) is 3.02. The zero-order valence-corrected chi connectivity index (χ0v) is 16.9. The molecule has 154 valence electrons. The zero-order chi connectivity index (χ0) is 20.5. The molecule has 7 nitrogen and oxygen atoms in total. The van der Waals surface area contributed by atoms with Gasteiger partial charge in [0.2, 0.25) is 0 Å². The molecule has 0 aromatic heterocycles. The van der Waals surface area contributed by atoms with E-state index < -0.39 is 29.0 Å². The van der Waals surface area contributed by atoms with Crippen LogP contribution in [0.1, 0.15) is 29.9 Å². The molecule has 0 N–H and O–H groups in total. The van der Waals surface area contributed by atoms with Crippen LogP contribution >= 0.6 is 11.6 Å². The summed E-state index contributed by atoms with van der Waals surface area (Å²) in [5, 5.41) is 2.90. The van der Waals surface area contributed by atoms with Gasteiger partial charge in [-0.2, -0.15) is 5.06 Å². The van der Waals surface area contributed by atoms with Crippen LogP contribution in [0.25, 0.3) is 0 Å². The minimum absolute atomic E-state index is 0.0537. The Bertz CT molecular complexity index is 767. The first kappa shape index (κ1) is 21.1. The monoisotopic (exact) mass is 414 g/mol. The predicted molar refractivity (Wildman–Crippen MR) is 99.1 cm³/mol. The van der Waals surface area contributed by atoms with Gasteiger partial charge in [0.05, 0.1) is 20.3 Å². The minimum Gasteiger partial charge on any atom is -0.382 e. The lowest BCUT2D eigenvalue weighted by Gasteiger charge is -2.41. The molecule has 0 saturated carbocycles. The molecule has 2 heterocycles. The summed E-state index contributed by atoms with van der Waals surface area (Å²) < 4.78 is 19.9. The number of methoxy groups -OCH3 is 1. The van der Waals surface area contributed by atoms with Gasteiger partial charge in [0.1, 0.15) is 17.3 Å². The smallest absolute Gasteiger partial charge is 0.262 e. The fraction of sp³-hybridized carbons (Fsp3) is 0.579. The first-order valence-electron chi connectivity index (χ1n) is 9.11. The van der Waals surface area contributed by atoms with Crippen LogP contribution in [0, 0.1) is 12.7 Å². The number of carbonyl (C=O) groups excluding carboxylic acids is 2. The van der Waals surface area contributed by atoms with Crippen molar-refractivity contribution in [2.45, 2.75) is 31.2 Å². The molecule has 1 amide bonds. The number of ether oxygens (including phenoxy) is 1.